The fraction of sp³-hybridized carbons (Fsp3) is 0.500. The maximum absolute atomic E-state index is 13.0. The zero-order valence-electron chi connectivity index (χ0n) is 16.8. The van der Waals surface area contributed by atoms with Crippen molar-refractivity contribution in [1.29, 1.82) is 0 Å². The van der Waals surface area contributed by atoms with Gasteiger partial charge in [0, 0.05) is 13.1 Å². The number of fused-ring (bicyclic) bond motifs is 1. The second-order valence-electron chi connectivity index (χ2n) is 6.48. The molecule has 0 unspecified atom stereocenters. The lowest BCUT2D eigenvalue weighted by atomic mass is 10.1. The van der Waals surface area contributed by atoms with Crippen molar-refractivity contribution in [2.45, 2.75) is 57.0 Å². The highest BCUT2D eigenvalue weighted by Crippen LogP contribution is 2.23. The summed E-state index contributed by atoms with van der Waals surface area (Å²) in [6, 6.07) is 4.72. The van der Waals surface area contributed by atoms with E-state index in [0.29, 0.717) is 34.7 Å². The second-order valence-corrected chi connectivity index (χ2v) is 7.79. The Morgan fingerprint density at radius 2 is 2.04 bits per heavy atom. The summed E-state index contributed by atoms with van der Waals surface area (Å²) < 4.78 is 6.37. The summed E-state index contributed by atoms with van der Waals surface area (Å²) in [6.45, 7) is 6.98. The molecule has 1 N–H and O–H groups in total. The number of carbonyl (C=O) groups is 2. The first-order valence-electron chi connectivity index (χ1n) is 9.50. The summed E-state index contributed by atoms with van der Waals surface area (Å²) in [5.74, 6) is -0.577. The third-order valence-corrected chi connectivity index (χ3v) is 5.37. The molecule has 0 fully saturated rings. The number of nitrogens with one attached hydrogen (secondary N) is 1. The summed E-state index contributed by atoms with van der Waals surface area (Å²) in [5.41, 5.74) is 0.584. The molecule has 0 saturated heterocycles. The molecule has 0 aliphatic carbocycles. The Morgan fingerprint density at radius 1 is 1.29 bits per heavy atom. The molecule has 2 rings (SSSR count). The van der Waals surface area contributed by atoms with E-state index in [4.69, 9.17) is 4.74 Å². The van der Waals surface area contributed by atoms with E-state index in [2.05, 4.69) is 17.2 Å². The van der Waals surface area contributed by atoms with Crippen LogP contribution in [0.1, 0.15) is 50.4 Å². The molecule has 1 aromatic heterocycles. The fourth-order valence-electron chi connectivity index (χ4n) is 2.65. The third kappa shape index (κ3) is 5.13. The number of carbonyl (C=O) groups excluding carboxylic acids is 2. The number of ether oxygens (including phenoxy) is 1. The average molecular weight is 406 g/mol. The zero-order chi connectivity index (χ0) is 20.7. The maximum atomic E-state index is 13.0. The van der Waals surface area contributed by atoms with Gasteiger partial charge < -0.3 is 10.1 Å². The van der Waals surface area contributed by atoms with E-state index in [0.717, 1.165) is 19.3 Å². The normalized spacial score (nSPS) is 12.0. The van der Waals surface area contributed by atoms with Gasteiger partial charge in [-0.25, -0.2) is 9.78 Å². The van der Waals surface area contributed by atoms with Crippen LogP contribution in [0.4, 0.5) is 0 Å². The molecule has 0 saturated carbocycles. The van der Waals surface area contributed by atoms with Crippen molar-refractivity contribution in [1.82, 2.24) is 14.9 Å². The minimum Gasteiger partial charge on any atom is -0.465 e. The highest BCUT2D eigenvalue weighted by molar-refractivity contribution is 8.00. The molecule has 1 heterocycles. The van der Waals surface area contributed by atoms with Gasteiger partial charge in [0.05, 0.1) is 28.8 Å². The van der Waals surface area contributed by atoms with Crippen molar-refractivity contribution in [2.24, 2.45) is 0 Å². The highest BCUT2D eigenvalue weighted by atomic mass is 32.2. The molecule has 8 heteroatoms. The standard InChI is InChI=1S/C20H27N3O4S/c1-5-7-11-23-18(25)15-9-8-14(19(26)27-4)12-16(15)22-20(23)28-13(3)17(24)21-10-6-2/h8-9,12-13H,5-7,10-11H2,1-4H3,(H,21,24)/t13-/m1/s1. The number of benzene rings is 1. The first-order valence-corrected chi connectivity index (χ1v) is 10.4. The van der Waals surface area contributed by atoms with E-state index >= 15 is 0 Å². The van der Waals surface area contributed by atoms with Gasteiger partial charge in [0.15, 0.2) is 5.16 Å². The topological polar surface area (TPSA) is 90.3 Å². The summed E-state index contributed by atoms with van der Waals surface area (Å²) in [7, 11) is 1.31. The smallest absolute Gasteiger partial charge is 0.337 e. The monoisotopic (exact) mass is 405 g/mol. The molecule has 2 aromatic rings. The van der Waals surface area contributed by atoms with Gasteiger partial charge in [-0.05, 0) is 38.0 Å². The van der Waals surface area contributed by atoms with Crippen LogP contribution in [-0.4, -0.2) is 40.3 Å². The Morgan fingerprint density at radius 3 is 2.68 bits per heavy atom. The molecule has 1 aromatic carbocycles. The molecule has 152 valence electrons. The lowest BCUT2D eigenvalue weighted by Gasteiger charge is -2.16. The lowest BCUT2D eigenvalue weighted by molar-refractivity contribution is -0.120. The van der Waals surface area contributed by atoms with Crippen LogP contribution in [0.2, 0.25) is 0 Å². The number of methoxy groups -OCH3 is 1. The number of unbranched alkanes of at least 4 members (excludes halogenated alkanes) is 1. The van der Waals surface area contributed by atoms with Crippen LogP contribution in [0.25, 0.3) is 10.9 Å². The van der Waals surface area contributed by atoms with Gasteiger partial charge in [0.25, 0.3) is 5.56 Å². The number of nitrogens with zero attached hydrogens (tertiary/aromatic N) is 2. The van der Waals surface area contributed by atoms with E-state index in [1.807, 2.05) is 6.92 Å². The number of hydrogen-bond donors (Lipinski definition) is 1. The van der Waals surface area contributed by atoms with E-state index in [1.165, 1.54) is 18.9 Å². The van der Waals surface area contributed by atoms with Crippen LogP contribution in [0.5, 0.6) is 0 Å². The van der Waals surface area contributed by atoms with Gasteiger partial charge in [-0.3, -0.25) is 14.2 Å². The second kappa shape index (κ2) is 10.3. The predicted molar refractivity (Wildman–Crippen MR) is 111 cm³/mol. The molecule has 7 nitrogen and oxygen atoms in total. The molecule has 28 heavy (non-hydrogen) atoms. The van der Waals surface area contributed by atoms with E-state index in [9.17, 15) is 14.4 Å². The Labute approximate surface area is 168 Å². The average Bonchev–Trinajstić information content (AvgIpc) is 2.70. The van der Waals surface area contributed by atoms with Gasteiger partial charge >= 0.3 is 5.97 Å². The Bertz CT molecular complexity index is 910. The minimum absolute atomic E-state index is 0.0912. The van der Waals surface area contributed by atoms with Crippen molar-refractivity contribution in [3.05, 3.63) is 34.1 Å². The number of hydrogen-bond acceptors (Lipinski definition) is 6. The van der Waals surface area contributed by atoms with Crippen LogP contribution in [-0.2, 0) is 16.1 Å². The Hall–Kier alpha value is -2.35. The van der Waals surface area contributed by atoms with E-state index < -0.39 is 11.2 Å². The molecular formula is C20H27N3O4S. The largest absolute Gasteiger partial charge is 0.465 e. The number of thioether (sulfide) groups is 1. The van der Waals surface area contributed by atoms with Crippen LogP contribution in [0, 0.1) is 0 Å². The molecule has 0 spiro atoms. The third-order valence-electron chi connectivity index (χ3n) is 4.28. The summed E-state index contributed by atoms with van der Waals surface area (Å²) in [5, 5.41) is 3.39. The van der Waals surface area contributed by atoms with Crippen molar-refractivity contribution in [3.8, 4) is 0 Å². The molecule has 0 aliphatic heterocycles. The molecule has 0 aliphatic rings. The molecule has 1 amide bonds. The fourth-order valence-corrected chi connectivity index (χ4v) is 3.61. The highest BCUT2D eigenvalue weighted by Gasteiger charge is 2.19. The number of esters is 1. The maximum Gasteiger partial charge on any atom is 0.337 e. The van der Waals surface area contributed by atoms with Gasteiger partial charge in [-0.1, -0.05) is 32.0 Å². The van der Waals surface area contributed by atoms with Crippen molar-refractivity contribution in [2.75, 3.05) is 13.7 Å². The first kappa shape index (κ1) is 21.9. The zero-order valence-corrected chi connectivity index (χ0v) is 17.6. The first-order chi connectivity index (χ1) is 13.4. The Balaban J connectivity index is 2.48. The quantitative estimate of drug-likeness (QED) is 0.392. The van der Waals surface area contributed by atoms with Crippen molar-refractivity contribution in [3.63, 3.8) is 0 Å². The molecular weight excluding hydrogens is 378 g/mol. The van der Waals surface area contributed by atoms with E-state index in [-0.39, 0.29) is 11.5 Å². The van der Waals surface area contributed by atoms with Gasteiger partial charge in [0.2, 0.25) is 5.91 Å². The Kier molecular flexibility index (Phi) is 8.04. The van der Waals surface area contributed by atoms with Crippen LogP contribution < -0.4 is 10.9 Å². The van der Waals surface area contributed by atoms with Gasteiger partial charge in [-0.2, -0.15) is 0 Å². The van der Waals surface area contributed by atoms with Gasteiger partial charge in [0.1, 0.15) is 0 Å². The molecule has 0 radical (unpaired) electrons. The SMILES string of the molecule is CCCCn1c(S[C@H](C)C(=O)NCCC)nc2cc(C(=O)OC)ccc2c1=O. The van der Waals surface area contributed by atoms with Crippen molar-refractivity contribution < 1.29 is 14.3 Å². The summed E-state index contributed by atoms with van der Waals surface area (Å²) >= 11 is 1.25. The van der Waals surface area contributed by atoms with Crippen molar-refractivity contribution >= 4 is 34.5 Å². The molecule has 1 atom stereocenters. The van der Waals surface area contributed by atoms with Gasteiger partial charge in [-0.15, -0.1) is 0 Å². The van der Waals surface area contributed by atoms with Crippen LogP contribution in [0.15, 0.2) is 28.2 Å². The van der Waals surface area contributed by atoms with E-state index in [1.54, 1.807) is 29.7 Å². The number of rotatable bonds is 9. The summed E-state index contributed by atoms with van der Waals surface area (Å²) in [4.78, 5) is 41.7. The number of aromatic nitrogens is 2. The molecule has 0 bridgehead atoms. The number of amides is 1. The van der Waals surface area contributed by atoms with Crippen LogP contribution >= 0.6 is 11.8 Å². The predicted octanol–water partition coefficient (Wildman–Crippen LogP) is 2.99. The lowest BCUT2D eigenvalue weighted by Crippen LogP contribution is -2.32. The minimum atomic E-state index is -0.486. The summed E-state index contributed by atoms with van der Waals surface area (Å²) in [6.07, 6.45) is 2.62. The van der Waals surface area contributed by atoms with Crippen LogP contribution in [0.3, 0.4) is 0 Å².